The van der Waals surface area contributed by atoms with Crippen molar-refractivity contribution >= 4 is 33.5 Å². The maximum Gasteiger partial charge on any atom is 0.330 e. The van der Waals surface area contributed by atoms with Crippen LogP contribution in [-0.2, 0) is 9.53 Å². The number of ether oxygens (including phenoxy) is 3. The highest BCUT2D eigenvalue weighted by Crippen LogP contribution is 2.48. The van der Waals surface area contributed by atoms with Crippen molar-refractivity contribution in [3.8, 4) is 27.9 Å². The highest BCUT2D eigenvalue weighted by atomic mass is 32.1. The zero-order chi connectivity index (χ0) is 22.7. The molecule has 7 heteroatoms. The Kier molecular flexibility index (Phi) is 6.28. The molecule has 0 radical (unpaired) electrons. The number of benzene rings is 2. The fourth-order valence-electron chi connectivity index (χ4n) is 3.26. The molecule has 32 heavy (non-hydrogen) atoms. The van der Waals surface area contributed by atoms with Crippen LogP contribution in [0.1, 0.15) is 31.0 Å². The molecule has 164 valence electrons. The topological polar surface area (TPSA) is 70.8 Å². The first-order chi connectivity index (χ1) is 15.5. The van der Waals surface area contributed by atoms with E-state index in [-0.39, 0.29) is 5.92 Å². The van der Waals surface area contributed by atoms with Gasteiger partial charge >= 0.3 is 5.97 Å². The predicted molar refractivity (Wildman–Crippen MR) is 126 cm³/mol. The highest BCUT2D eigenvalue weighted by Gasteiger charge is 2.23. The predicted octanol–water partition coefficient (Wildman–Crippen LogP) is 6.67. The molecule has 0 saturated heterocycles. The van der Waals surface area contributed by atoms with Gasteiger partial charge in [-0.2, -0.15) is 0 Å². The molecular weight excluding hydrogens is 426 g/mol. The van der Waals surface area contributed by atoms with Crippen LogP contribution in [-0.4, -0.2) is 25.2 Å². The monoisotopic (exact) mass is 449 g/mol. The van der Waals surface area contributed by atoms with Crippen LogP contribution in [0.2, 0.25) is 0 Å². The molecular formula is C25H23NO5S. The van der Waals surface area contributed by atoms with Crippen molar-refractivity contribution < 1.29 is 23.4 Å². The number of esters is 1. The average molecular weight is 450 g/mol. The summed E-state index contributed by atoms with van der Waals surface area (Å²) in [5.41, 5.74) is 1.75. The molecule has 0 aliphatic heterocycles. The zero-order valence-electron chi connectivity index (χ0n) is 18.2. The van der Waals surface area contributed by atoms with Crippen LogP contribution in [0.15, 0.2) is 59.4 Å². The van der Waals surface area contributed by atoms with E-state index < -0.39 is 5.97 Å². The standard InChI is InChI=1S/C25H23NO5S/c1-15(2)22-24(30-14-26-22)25-23(19-11-10-18(28-3)13-20(19)32-25)31-17-8-5-16(6-9-17)7-12-21(27)29-4/h5-15H,1-4H3. The largest absolute Gasteiger partial charge is 0.497 e. The van der Waals surface area contributed by atoms with Gasteiger partial charge in [0.15, 0.2) is 17.9 Å². The smallest absolute Gasteiger partial charge is 0.330 e. The molecule has 0 amide bonds. The number of aromatic nitrogens is 1. The Hall–Kier alpha value is -3.58. The Balaban J connectivity index is 1.75. The second-order valence-electron chi connectivity index (χ2n) is 7.37. The van der Waals surface area contributed by atoms with E-state index in [1.165, 1.54) is 19.6 Å². The minimum absolute atomic E-state index is 0.206. The highest BCUT2D eigenvalue weighted by molar-refractivity contribution is 7.22. The molecule has 0 aliphatic rings. The summed E-state index contributed by atoms with van der Waals surface area (Å²) in [6.07, 6.45) is 4.55. The number of carbonyl (C=O) groups is 1. The molecule has 2 heterocycles. The second kappa shape index (κ2) is 9.28. The number of carbonyl (C=O) groups excluding carboxylic acids is 1. The summed E-state index contributed by atoms with van der Waals surface area (Å²) in [6, 6.07) is 13.4. The van der Waals surface area contributed by atoms with Gasteiger partial charge in [-0.05, 0) is 47.9 Å². The van der Waals surface area contributed by atoms with Gasteiger partial charge in [0.2, 0.25) is 0 Å². The fourth-order valence-corrected chi connectivity index (χ4v) is 4.42. The molecule has 2 aromatic heterocycles. The molecule has 2 aromatic carbocycles. The number of nitrogens with zero attached hydrogens (tertiary/aromatic N) is 1. The Bertz CT molecular complexity index is 1270. The molecule has 4 rings (SSSR count). The molecule has 0 unspecified atom stereocenters. The molecule has 4 aromatic rings. The maximum absolute atomic E-state index is 11.3. The summed E-state index contributed by atoms with van der Waals surface area (Å²) < 4.78 is 23.2. The normalized spacial score (nSPS) is 11.4. The first-order valence-corrected chi connectivity index (χ1v) is 10.9. The summed E-state index contributed by atoms with van der Waals surface area (Å²) in [6.45, 7) is 4.16. The van der Waals surface area contributed by atoms with E-state index in [1.54, 1.807) is 24.5 Å². The van der Waals surface area contributed by atoms with Crippen molar-refractivity contribution in [1.82, 2.24) is 4.98 Å². The number of oxazole rings is 1. The fraction of sp³-hybridized carbons (Fsp3) is 0.200. The number of thiophene rings is 1. The minimum Gasteiger partial charge on any atom is -0.497 e. The van der Waals surface area contributed by atoms with E-state index >= 15 is 0 Å². The van der Waals surface area contributed by atoms with Gasteiger partial charge in [-0.25, -0.2) is 9.78 Å². The first-order valence-electron chi connectivity index (χ1n) is 10.1. The third-order valence-electron chi connectivity index (χ3n) is 4.91. The lowest BCUT2D eigenvalue weighted by Gasteiger charge is -2.09. The number of methoxy groups -OCH3 is 2. The summed E-state index contributed by atoms with van der Waals surface area (Å²) in [4.78, 5) is 16.6. The third-order valence-corrected chi connectivity index (χ3v) is 6.05. The van der Waals surface area contributed by atoms with E-state index in [9.17, 15) is 4.79 Å². The lowest BCUT2D eigenvalue weighted by molar-refractivity contribution is -0.134. The Morgan fingerprint density at radius 2 is 1.84 bits per heavy atom. The SMILES string of the molecule is COC(=O)C=Cc1ccc(Oc2c(-c3ocnc3C(C)C)sc3cc(OC)ccc23)cc1. The summed E-state index contributed by atoms with van der Waals surface area (Å²) >= 11 is 1.58. The van der Waals surface area contributed by atoms with Crippen LogP contribution >= 0.6 is 11.3 Å². The van der Waals surface area contributed by atoms with Gasteiger partial charge in [0.1, 0.15) is 16.4 Å². The van der Waals surface area contributed by atoms with E-state index in [0.29, 0.717) is 17.3 Å². The van der Waals surface area contributed by atoms with E-state index in [2.05, 4.69) is 23.6 Å². The van der Waals surface area contributed by atoms with Crippen molar-refractivity contribution in [2.24, 2.45) is 0 Å². The Morgan fingerprint density at radius 1 is 1.09 bits per heavy atom. The number of hydrogen-bond donors (Lipinski definition) is 0. The number of rotatable bonds is 7. The third kappa shape index (κ3) is 4.38. The quantitative estimate of drug-likeness (QED) is 0.232. The van der Waals surface area contributed by atoms with Crippen LogP contribution in [0.25, 0.3) is 26.8 Å². The van der Waals surface area contributed by atoms with Crippen molar-refractivity contribution in [3.63, 3.8) is 0 Å². The van der Waals surface area contributed by atoms with Gasteiger partial charge in [0.05, 0.1) is 19.9 Å². The van der Waals surface area contributed by atoms with Crippen LogP contribution in [0, 0.1) is 0 Å². The zero-order valence-corrected chi connectivity index (χ0v) is 19.1. The van der Waals surface area contributed by atoms with Crippen molar-refractivity contribution in [2.75, 3.05) is 14.2 Å². The van der Waals surface area contributed by atoms with Crippen molar-refractivity contribution in [3.05, 3.63) is 66.2 Å². The molecule has 0 N–H and O–H groups in total. The summed E-state index contributed by atoms with van der Waals surface area (Å²) in [5.74, 6) is 2.68. The van der Waals surface area contributed by atoms with E-state index in [0.717, 1.165) is 32.0 Å². The van der Waals surface area contributed by atoms with Gasteiger partial charge in [-0.3, -0.25) is 0 Å². The first kappa shape index (κ1) is 21.6. The van der Waals surface area contributed by atoms with Crippen LogP contribution < -0.4 is 9.47 Å². The van der Waals surface area contributed by atoms with Crippen molar-refractivity contribution in [2.45, 2.75) is 19.8 Å². The second-order valence-corrected chi connectivity index (χ2v) is 8.42. The average Bonchev–Trinajstić information content (AvgIpc) is 3.43. The molecule has 0 fully saturated rings. The number of hydrogen-bond acceptors (Lipinski definition) is 7. The van der Waals surface area contributed by atoms with E-state index in [1.807, 2.05) is 42.5 Å². The Morgan fingerprint density at radius 3 is 2.53 bits per heavy atom. The lowest BCUT2D eigenvalue weighted by atomic mass is 10.1. The van der Waals surface area contributed by atoms with Crippen LogP contribution in [0.5, 0.6) is 17.2 Å². The molecule has 0 spiro atoms. The molecule has 6 nitrogen and oxygen atoms in total. The molecule has 0 aliphatic carbocycles. The van der Waals surface area contributed by atoms with Gasteiger partial charge < -0.3 is 18.6 Å². The number of fused-ring (bicyclic) bond motifs is 1. The van der Waals surface area contributed by atoms with Gasteiger partial charge in [-0.1, -0.05) is 26.0 Å². The molecule has 0 bridgehead atoms. The summed E-state index contributed by atoms with van der Waals surface area (Å²) in [7, 11) is 3.00. The van der Waals surface area contributed by atoms with Gasteiger partial charge in [0, 0.05) is 16.2 Å². The van der Waals surface area contributed by atoms with Crippen molar-refractivity contribution in [1.29, 1.82) is 0 Å². The van der Waals surface area contributed by atoms with Gasteiger partial charge in [0.25, 0.3) is 0 Å². The minimum atomic E-state index is -0.400. The van der Waals surface area contributed by atoms with E-state index in [4.69, 9.17) is 13.9 Å². The maximum atomic E-state index is 11.3. The lowest BCUT2D eigenvalue weighted by Crippen LogP contribution is -1.93. The van der Waals surface area contributed by atoms with Gasteiger partial charge in [-0.15, -0.1) is 11.3 Å². The molecule has 0 saturated carbocycles. The Labute approximate surface area is 190 Å². The van der Waals surface area contributed by atoms with Crippen LogP contribution in [0.4, 0.5) is 0 Å². The summed E-state index contributed by atoms with van der Waals surface area (Å²) in [5, 5.41) is 0.964. The molecule has 0 atom stereocenters. The van der Waals surface area contributed by atoms with Crippen LogP contribution in [0.3, 0.4) is 0 Å².